The van der Waals surface area contributed by atoms with Gasteiger partial charge in [0.25, 0.3) is 0 Å². The van der Waals surface area contributed by atoms with Crippen molar-refractivity contribution in [3.63, 3.8) is 0 Å². The predicted molar refractivity (Wildman–Crippen MR) is 150 cm³/mol. The van der Waals surface area contributed by atoms with Gasteiger partial charge in [0.2, 0.25) is 11.8 Å². The number of fused-ring (bicyclic) bond motifs is 2. The number of nitrogens with one attached hydrogen (secondary N) is 2. The number of rotatable bonds is 8. The van der Waals surface area contributed by atoms with E-state index in [2.05, 4.69) is 38.7 Å². The van der Waals surface area contributed by atoms with E-state index >= 15 is 0 Å². The third kappa shape index (κ3) is 6.83. The Morgan fingerprint density at radius 2 is 1.95 bits per heavy atom. The molecule has 2 aliphatic heterocycles. The van der Waals surface area contributed by atoms with Crippen LogP contribution in [0.3, 0.4) is 0 Å². The van der Waals surface area contributed by atoms with Crippen LogP contribution in [-0.2, 0) is 30.4 Å². The van der Waals surface area contributed by atoms with E-state index in [-0.39, 0.29) is 18.9 Å². The van der Waals surface area contributed by atoms with Gasteiger partial charge in [-0.2, -0.15) is 18.2 Å². The lowest BCUT2D eigenvalue weighted by atomic mass is 10.1. The number of carbonyl (C=O) groups is 1. The molecule has 0 saturated carbocycles. The molecule has 3 aromatic heterocycles. The third-order valence-electron chi connectivity index (χ3n) is 6.97. The van der Waals surface area contributed by atoms with Gasteiger partial charge in [-0.3, -0.25) is 5.32 Å². The molecule has 1 saturated heterocycles. The number of alkyl carbamates (subject to hydrolysis) is 1. The minimum absolute atomic E-state index is 0.124. The number of alkyl halides is 3. The van der Waals surface area contributed by atoms with Crippen LogP contribution in [0.25, 0.3) is 10.2 Å². The summed E-state index contributed by atoms with van der Waals surface area (Å²) >= 11 is 1.64. The summed E-state index contributed by atoms with van der Waals surface area (Å²) in [6, 6.07) is 2.11. The lowest BCUT2D eigenvalue weighted by Crippen LogP contribution is -2.39. The van der Waals surface area contributed by atoms with E-state index in [9.17, 15) is 18.0 Å². The molecule has 0 radical (unpaired) electrons. The number of carbonyl (C=O) groups excluding carboxylic acids is 1. The van der Waals surface area contributed by atoms with Crippen LogP contribution in [0, 0.1) is 5.92 Å². The van der Waals surface area contributed by atoms with Crippen molar-refractivity contribution in [3.8, 4) is 0 Å². The molecular weight excluding hydrogens is 559 g/mol. The van der Waals surface area contributed by atoms with Crippen LogP contribution in [0.4, 0.5) is 29.7 Å². The Hall–Kier alpha value is -3.20. The maximum Gasteiger partial charge on any atom is 0.451 e. The molecule has 3 aromatic rings. The van der Waals surface area contributed by atoms with Crippen LogP contribution < -0.4 is 20.4 Å². The maximum absolute atomic E-state index is 13.4. The molecule has 1 unspecified atom stereocenters. The molecule has 1 amide bonds. The summed E-state index contributed by atoms with van der Waals surface area (Å²) < 4.78 is 46.5. The zero-order chi connectivity index (χ0) is 29.4. The first-order valence-electron chi connectivity index (χ1n) is 13.9. The number of aryl methyl sites for hydroxylation is 1. The lowest BCUT2D eigenvalue weighted by Gasteiger charge is -2.30. The Balaban J connectivity index is 1.29. The molecule has 41 heavy (non-hydrogen) atoms. The van der Waals surface area contributed by atoms with Crippen molar-refractivity contribution in [3.05, 3.63) is 22.6 Å². The van der Waals surface area contributed by atoms with Crippen LogP contribution in [0.1, 0.15) is 57.1 Å². The van der Waals surface area contributed by atoms with E-state index in [4.69, 9.17) is 14.7 Å². The van der Waals surface area contributed by atoms with E-state index in [0.29, 0.717) is 31.6 Å². The molecule has 1 atom stereocenters. The van der Waals surface area contributed by atoms with Gasteiger partial charge in [0.05, 0.1) is 18.6 Å². The van der Waals surface area contributed by atoms with E-state index in [1.54, 1.807) is 11.3 Å². The third-order valence-corrected chi connectivity index (χ3v) is 8.06. The van der Waals surface area contributed by atoms with E-state index < -0.39 is 23.7 Å². The Bertz CT molecular complexity index is 1380. The number of aromatic nitrogens is 5. The summed E-state index contributed by atoms with van der Waals surface area (Å²) in [5.41, 5.74) is -0.548. The minimum Gasteiger partial charge on any atom is -0.444 e. The van der Waals surface area contributed by atoms with Crippen molar-refractivity contribution >= 4 is 39.4 Å². The van der Waals surface area contributed by atoms with Crippen molar-refractivity contribution in [2.24, 2.45) is 5.92 Å². The molecule has 2 aliphatic rings. The van der Waals surface area contributed by atoms with Gasteiger partial charge in [-0.15, -0.1) is 21.5 Å². The average Bonchev–Trinajstić information content (AvgIpc) is 3.62. The van der Waals surface area contributed by atoms with E-state index in [1.807, 2.05) is 25.7 Å². The number of amides is 1. The number of hydrogen-bond acceptors (Lipinski definition) is 10. The van der Waals surface area contributed by atoms with Crippen molar-refractivity contribution in [1.82, 2.24) is 35.4 Å². The summed E-state index contributed by atoms with van der Waals surface area (Å²) in [7, 11) is 0. The van der Waals surface area contributed by atoms with Gasteiger partial charge in [0.1, 0.15) is 16.2 Å². The molecule has 0 aliphatic carbocycles. The molecular formula is C26H36F3N9O2S. The summed E-state index contributed by atoms with van der Waals surface area (Å²) in [5.74, 6) is 0.989. The van der Waals surface area contributed by atoms with Crippen LogP contribution in [0.5, 0.6) is 0 Å². The second-order valence-corrected chi connectivity index (χ2v) is 12.6. The van der Waals surface area contributed by atoms with Crippen LogP contribution >= 0.6 is 11.3 Å². The SMILES string of the molecule is CCCc1cc2c(N3CCn4c(nnc4C(F)(F)F)C3)nc(N3CCC(CNCNC(=O)OC(C)(C)C)C3)nc2s1. The molecule has 1 fully saturated rings. The molecule has 0 aromatic carbocycles. The smallest absolute Gasteiger partial charge is 0.444 e. The van der Waals surface area contributed by atoms with Gasteiger partial charge in [-0.1, -0.05) is 13.3 Å². The number of hydrogen-bond donors (Lipinski definition) is 2. The molecule has 5 rings (SSSR count). The van der Waals surface area contributed by atoms with Crippen LogP contribution in [0.2, 0.25) is 0 Å². The van der Waals surface area contributed by atoms with Crippen molar-refractivity contribution < 1.29 is 22.7 Å². The van der Waals surface area contributed by atoms with Crippen LogP contribution in [0.15, 0.2) is 6.07 Å². The predicted octanol–water partition coefficient (Wildman–Crippen LogP) is 4.17. The van der Waals surface area contributed by atoms with Gasteiger partial charge in [-0.05, 0) is 45.6 Å². The highest BCUT2D eigenvalue weighted by Crippen LogP contribution is 2.36. The zero-order valence-electron chi connectivity index (χ0n) is 23.7. The Morgan fingerprint density at radius 3 is 2.68 bits per heavy atom. The molecule has 5 heterocycles. The molecule has 2 N–H and O–H groups in total. The van der Waals surface area contributed by atoms with Gasteiger partial charge in [0, 0.05) is 37.6 Å². The number of halogens is 3. The van der Waals surface area contributed by atoms with Gasteiger partial charge < -0.3 is 24.4 Å². The number of ether oxygens (including phenoxy) is 1. The lowest BCUT2D eigenvalue weighted by molar-refractivity contribution is -0.147. The fourth-order valence-corrected chi connectivity index (χ4v) is 6.27. The highest BCUT2D eigenvalue weighted by molar-refractivity contribution is 7.18. The minimum atomic E-state index is -4.54. The normalized spacial score (nSPS) is 17.8. The Morgan fingerprint density at radius 1 is 1.15 bits per heavy atom. The molecule has 224 valence electrons. The zero-order valence-corrected chi connectivity index (χ0v) is 24.5. The summed E-state index contributed by atoms with van der Waals surface area (Å²) in [5, 5.41) is 14.2. The standard InChI is InChI=1S/C26H36F3N9O2S/c1-5-6-17-11-18-20(36-9-10-38-19(14-36)34-35-22(38)26(27,28)29)32-23(33-21(18)41-17)37-8-7-16(13-37)12-30-15-31-24(39)40-25(2,3)4/h11,16,30H,5-10,12-15H2,1-4H3,(H,31,39). The number of thiophene rings is 1. The van der Waals surface area contributed by atoms with Crippen molar-refractivity contribution in [2.45, 2.75) is 71.8 Å². The first kappa shape index (κ1) is 29.3. The molecule has 11 nitrogen and oxygen atoms in total. The van der Waals surface area contributed by atoms with Gasteiger partial charge in [-0.25, -0.2) is 9.78 Å². The van der Waals surface area contributed by atoms with Crippen molar-refractivity contribution in [2.75, 3.05) is 42.6 Å². The van der Waals surface area contributed by atoms with Crippen molar-refractivity contribution in [1.29, 1.82) is 0 Å². The second kappa shape index (κ2) is 11.6. The van der Waals surface area contributed by atoms with E-state index in [0.717, 1.165) is 53.0 Å². The first-order valence-corrected chi connectivity index (χ1v) is 14.7. The van der Waals surface area contributed by atoms with E-state index in [1.165, 1.54) is 4.88 Å². The highest BCUT2D eigenvalue weighted by atomic mass is 32.1. The fourth-order valence-electron chi connectivity index (χ4n) is 5.15. The topological polar surface area (TPSA) is 113 Å². The first-order chi connectivity index (χ1) is 19.4. The monoisotopic (exact) mass is 595 g/mol. The number of nitrogens with zero attached hydrogens (tertiary/aromatic N) is 7. The summed E-state index contributed by atoms with van der Waals surface area (Å²) in [6.45, 7) is 10.8. The maximum atomic E-state index is 13.4. The largest absolute Gasteiger partial charge is 0.451 e. The Labute approximate surface area is 240 Å². The second-order valence-electron chi connectivity index (χ2n) is 11.4. The average molecular weight is 596 g/mol. The highest BCUT2D eigenvalue weighted by Gasteiger charge is 2.40. The molecule has 0 bridgehead atoms. The fraction of sp³-hybridized carbons (Fsp3) is 0.654. The Kier molecular flexibility index (Phi) is 8.28. The van der Waals surface area contributed by atoms with Crippen LogP contribution in [-0.4, -0.2) is 69.3 Å². The quantitative estimate of drug-likeness (QED) is 0.293. The molecule has 0 spiro atoms. The number of anilines is 2. The molecule has 15 heteroatoms. The van der Waals surface area contributed by atoms with Gasteiger partial charge >= 0.3 is 12.3 Å². The summed E-state index contributed by atoms with van der Waals surface area (Å²) in [4.78, 5) is 28.0. The summed E-state index contributed by atoms with van der Waals surface area (Å²) in [6.07, 6.45) is -2.14. The van der Waals surface area contributed by atoms with Gasteiger partial charge in [0.15, 0.2) is 5.82 Å².